The lowest BCUT2D eigenvalue weighted by molar-refractivity contribution is 1.07. The first-order valence-electron chi connectivity index (χ1n) is 6.57. The molecule has 0 radical (unpaired) electrons. The quantitative estimate of drug-likeness (QED) is 0.349. The van der Waals surface area contributed by atoms with Crippen LogP contribution in [0.5, 0.6) is 0 Å². The number of hydrogen-bond donors (Lipinski definition) is 0. The van der Waals surface area contributed by atoms with E-state index in [1.165, 1.54) is 5.56 Å². The average Bonchev–Trinajstić information content (AvgIpc) is 2.46. The maximum Gasteiger partial charge on any atom is 0.159 e. The Bertz CT molecular complexity index is 619. The minimum absolute atomic E-state index is 0.275. The van der Waals surface area contributed by atoms with Crippen LogP contribution in [-0.2, 0) is 0 Å². The summed E-state index contributed by atoms with van der Waals surface area (Å²) in [7, 11) is 0. The van der Waals surface area contributed by atoms with Gasteiger partial charge >= 0.3 is 0 Å². The maximum absolute atomic E-state index is 6.21. The van der Waals surface area contributed by atoms with E-state index in [0.717, 1.165) is 22.9 Å². The van der Waals surface area contributed by atoms with E-state index >= 15 is 0 Å². The number of hydrogen-bond acceptors (Lipinski definition) is 4. The van der Waals surface area contributed by atoms with E-state index < -0.39 is 0 Å². The molecule has 1 heterocycles. The summed E-state index contributed by atoms with van der Waals surface area (Å²) in [5, 5.41) is 9.80. The molecule has 0 atom stereocenters. The molecular weight excluding hydrogens is 325 g/mol. The van der Waals surface area contributed by atoms with Gasteiger partial charge in [-0.25, -0.2) is 4.98 Å². The minimum Gasteiger partial charge on any atom is -0.227 e. The van der Waals surface area contributed by atoms with Gasteiger partial charge in [-0.2, -0.15) is 5.11 Å². The summed E-state index contributed by atoms with van der Waals surface area (Å²) >= 11 is 14.0. The molecule has 0 aliphatic rings. The molecule has 0 aliphatic heterocycles. The first-order chi connectivity index (χ1) is 10.1. The summed E-state index contributed by atoms with van der Waals surface area (Å²) in [4.78, 5) is 4.29. The summed E-state index contributed by atoms with van der Waals surface area (Å²) in [5.74, 6) is 0.976. The molecule has 0 fully saturated rings. The Hall–Kier alpha value is -1.10. The Labute approximate surface area is 138 Å². The zero-order valence-electron chi connectivity index (χ0n) is 11.8. The number of nitrogens with zero attached hydrogens (tertiary/aromatic N) is 3. The van der Waals surface area contributed by atoms with Crippen molar-refractivity contribution in [2.45, 2.75) is 25.3 Å². The normalized spacial score (nSPS) is 11.2. The third-order valence-electron chi connectivity index (χ3n) is 2.63. The molecule has 21 heavy (non-hydrogen) atoms. The average molecular weight is 340 g/mol. The summed E-state index contributed by atoms with van der Waals surface area (Å²) in [5.41, 5.74) is 2.32. The van der Waals surface area contributed by atoms with Crippen molar-refractivity contribution < 1.29 is 0 Å². The van der Waals surface area contributed by atoms with E-state index in [1.807, 2.05) is 31.2 Å². The highest BCUT2D eigenvalue weighted by molar-refractivity contribution is 7.99. The van der Waals surface area contributed by atoms with E-state index in [1.54, 1.807) is 17.8 Å². The molecular formula is C15H15Cl2N3S. The van der Waals surface area contributed by atoms with E-state index in [9.17, 15) is 0 Å². The first kappa shape index (κ1) is 16.3. The number of rotatable bonds is 5. The predicted molar refractivity (Wildman–Crippen MR) is 90.6 cm³/mol. The fourth-order valence-electron chi connectivity index (χ4n) is 1.55. The van der Waals surface area contributed by atoms with E-state index in [2.05, 4.69) is 22.1 Å². The predicted octanol–water partition coefficient (Wildman–Crippen LogP) is 6.61. The molecule has 3 nitrogen and oxygen atoms in total. The van der Waals surface area contributed by atoms with Crippen LogP contribution in [0.2, 0.25) is 10.2 Å². The van der Waals surface area contributed by atoms with Crippen molar-refractivity contribution in [3.05, 3.63) is 46.1 Å². The van der Waals surface area contributed by atoms with Gasteiger partial charge in [-0.3, -0.25) is 0 Å². The van der Waals surface area contributed by atoms with Gasteiger partial charge in [-0.15, -0.1) is 16.9 Å². The SMILES string of the molecule is CCCSc1cc(Cl)c(N=Nc2ccc(C)cc2)c(Cl)n1. The van der Waals surface area contributed by atoms with Gasteiger partial charge in [-0.05, 0) is 37.3 Å². The molecule has 0 aliphatic carbocycles. The van der Waals surface area contributed by atoms with Crippen LogP contribution in [0.4, 0.5) is 11.4 Å². The Morgan fingerprint density at radius 3 is 2.48 bits per heavy atom. The van der Waals surface area contributed by atoms with E-state index in [0.29, 0.717) is 10.7 Å². The summed E-state index contributed by atoms with van der Waals surface area (Å²) < 4.78 is 0. The van der Waals surface area contributed by atoms with Crippen molar-refractivity contribution >= 4 is 46.3 Å². The summed E-state index contributed by atoms with van der Waals surface area (Å²) in [6.45, 7) is 4.13. The van der Waals surface area contributed by atoms with Gasteiger partial charge < -0.3 is 0 Å². The lowest BCUT2D eigenvalue weighted by Crippen LogP contribution is -1.84. The topological polar surface area (TPSA) is 37.6 Å². The molecule has 0 saturated carbocycles. The molecule has 0 spiro atoms. The molecule has 2 aromatic rings. The Kier molecular flexibility index (Phi) is 6.03. The second-order valence-corrected chi connectivity index (χ2v) is 6.35. The Morgan fingerprint density at radius 2 is 1.86 bits per heavy atom. The van der Waals surface area contributed by atoms with E-state index in [4.69, 9.17) is 23.2 Å². The molecule has 2 rings (SSSR count). The number of azo groups is 1. The first-order valence-corrected chi connectivity index (χ1v) is 8.31. The number of thioether (sulfide) groups is 1. The number of pyridine rings is 1. The van der Waals surface area contributed by atoms with Gasteiger partial charge in [0.25, 0.3) is 0 Å². The summed E-state index contributed by atoms with van der Waals surface area (Å²) in [6.07, 6.45) is 1.07. The van der Waals surface area contributed by atoms with Crippen molar-refractivity contribution in [3.63, 3.8) is 0 Å². The van der Waals surface area contributed by atoms with E-state index in [-0.39, 0.29) is 5.15 Å². The van der Waals surface area contributed by atoms with Crippen LogP contribution >= 0.6 is 35.0 Å². The highest BCUT2D eigenvalue weighted by Crippen LogP contribution is 2.35. The monoisotopic (exact) mass is 339 g/mol. The zero-order chi connectivity index (χ0) is 15.2. The van der Waals surface area contributed by atoms with Crippen molar-refractivity contribution in [3.8, 4) is 0 Å². The molecule has 6 heteroatoms. The number of benzene rings is 1. The molecule has 0 amide bonds. The lowest BCUT2D eigenvalue weighted by Gasteiger charge is -2.04. The summed E-state index contributed by atoms with van der Waals surface area (Å²) in [6, 6.07) is 9.50. The molecule has 1 aromatic carbocycles. The molecule has 0 unspecified atom stereocenters. The standard InChI is InChI=1S/C15H15Cl2N3S/c1-3-8-21-13-9-12(16)14(15(17)18-13)20-19-11-6-4-10(2)5-7-11/h4-7,9H,3,8H2,1-2H3. The molecule has 110 valence electrons. The van der Waals surface area contributed by atoms with Gasteiger partial charge in [0, 0.05) is 0 Å². The minimum atomic E-state index is 0.275. The van der Waals surface area contributed by atoms with Crippen molar-refractivity contribution in [2.75, 3.05) is 5.75 Å². The van der Waals surface area contributed by atoms with Crippen LogP contribution in [-0.4, -0.2) is 10.7 Å². The molecule has 0 bridgehead atoms. The second kappa shape index (κ2) is 7.78. The number of aromatic nitrogens is 1. The molecule has 0 saturated heterocycles. The second-order valence-electron chi connectivity index (χ2n) is 4.47. The highest BCUT2D eigenvalue weighted by atomic mass is 35.5. The van der Waals surface area contributed by atoms with Crippen LogP contribution < -0.4 is 0 Å². The Morgan fingerprint density at radius 1 is 1.14 bits per heavy atom. The van der Waals surface area contributed by atoms with Crippen molar-refractivity contribution in [1.82, 2.24) is 4.98 Å². The number of halogens is 2. The van der Waals surface area contributed by atoms with Crippen LogP contribution in [0.25, 0.3) is 0 Å². The molecule has 0 N–H and O–H groups in total. The van der Waals surface area contributed by atoms with Crippen LogP contribution in [0.15, 0.2) is 45.6 Å². The maximum atomic E-state index is 6.21. The fraction of sp³-hybridized carbons (Fsp3) is 0.267. The Balaban J connectivity index is 2.21. The molecule has 1 aromatic heterocycles. The van der Waals surface area contributed by atoms with Gasteiger partial charge in [0.15, 0.2) is 5.15 Å². The van der Waals surface area contributed by atoms with Crippen molar-refractivity contribution in [2.24, 2.45) is 10.2 Å². The third kappa shape index (κ3) is 4.70. The van der Waals surface area contributed by atoms with Crippen LogP contribution in [0.3, 0.4) is 0 Å². The largest absolute Gasteiger partial charge is 0.227 e. The zero-order valence-corrected chi connectivity index (χ0v) is 14.1. The van der Waals surface area contributed by atoms with Gasteiger partial charge in [0.2, 0.25) is 0 Å². The van der Waals surface area contributed by atoms with Gasteiger partial charge in [0.1, 0.15) is 5.69 Å². The third-order valence-corrected chi connectivity index (χ3v) is 4.30. The number of aryl methyl sites for hydroxylation is 1. The highest BCUT2D eigenvalue weighted by Gasteiger charge is 2.10. The van der Waals surface area contributed by atoms with Crippen LogP contribution in [0.1, 0.15) is 18.9 Å². The van der Waals surface area contributed by atoms with Gasteiger partial charge in [-0.1, -0.05) is 47.8 Å². The smallest absolute Gasteiger partial charge is 0.159 e. The van der Waals surface area contributed by atoms with Gasteiger partial charge in [0.05, 0.1) is 15.7 Å². The lowest BCUT2D eigenvalue weighted by atomic mass is 10.2. The van der Waals surface area contributed by atoms with Crippen molar-refractivity contribution in [1.29, 1.82) is 0 Å². The van der Waals surface area contributed by atoms with Crippen LogP contribution in [0, 0.1) is 6.92 Å². The fourth-order valence-corrected chi connectivity index (χ4v) is 2.94.